The molecular weight excluding hydrogens is 368 g/mol. The fourth-order valence-electron chi connectivity index (χ4n) is 2.88. The molecule has 0 aliphatic heterocycles. The molecule has 1 saturated carbocycles. The lowest BCUT2D eigenvalue weighted by atomic mass is 10.2. The van der Waals surface area contributed by atoms with E-state index in [4.69, 9.17) is 9.47 Å². The molecule has 7 nitrogen and oxygen atoms in total. The van der Waals surface area contributed by atoms with E-state index in [1.165, 1.54) is 0 Å². The van der Waals surface area contributed by atoms with Gasteiger partial charge in [-0.1, -0.05) is 30.3 Å². The predicted molar refractivity (Wildman–Crippen MR) is 111 cm³/mol. The monoisotopic (exact) mass is 390 g/mol. The number of benzene rings is 2. The van der Waals surface area contributed by atoms with Crippen molar-refractivity contribution in [1.82, 2.24) is 15.3 Å². The van der Waals surface area contributed by atoms with Crippen molar-refractivity contribution < 1.29 is 14.3 Å². The van der Waals surface area contributed by atoms with Crippen LogP contribution >= 0.6 is 0 Å². The van der Waals surface area contributed by atoms with E-state index in [1.807, 2.05) is 42.5 Å². The molecule has 3 aromatic rings. The van der Waals surface area contributed by atoms with E-state index >= 15 is 0 Å². The summed E-state index contributed by atoms with van der Waals surface area (Å²) in [5.41, 5.74) is 1.82. The highest BCUT2D eigenvalue weighted by molar-refractivity contribution is 5.94. The summed E-state index contributed by atoms with van der Waals surface area (Å²) in [7, 11) is 3.20. The van der Waals surface area contributed by atoms with Gasteiger partial charge in [0.05, 0.1) is 19.9 Å². The number of amides is 1. The molecule has 1 aliphatic carbocycles. The van der Waals surface area contributed by atoms with Crippen molar-refractivity contribution >= 4 is 17.4 Å². The fraction of sp³-hybridized carbons (Fsp3) is 0.227. The molecule has 0 atom stereocenters. The van der Waals surface area contributed by atoms with Crippen LogP contribution in [0.2, 0.25) is 0 Å². The lowest BCUT2D eigenvalue weighted by molar-refractivity contribution is 0.0946. The van der Waals surface area contributed by atoms with Crippen LogP contribution in [0, 0.1) is 0 Å². The van der Waals surface area contributed by atoms with Crippen LogP contribution in [0.3, 0.4) is 0 Å². The molecule has 4 rings (SSSR count). The Kier molecular flexibility index (Phi) is 5.29. The predicted octanol–water partition coefficient (Wildman–Crippen LogP) is 3.80. The molecule has 0 spiro atoms. The van der Waals surface area contributed by atoms with Gasteiger partial charge in [0.1, 0.15) is 23.0 Å². The van der Waals surface area contributed by atoms with Crippen molar-refractivity contribution in [3.05, 3.63) is 60.3 Å². The second-order valence-electron chi connectivity index (χ2n) is 6.77. The van der Waals surface area contributed by atoms with E-state index in [9.17, 15) is 4.79 Å². The lowest BCUT2D eigenvalue weighted by Gasteiger charge is -2.14. The molecule has 1 aromatic heterocycles. The summed E-state index contributed by atoms with van der Waals surface area (Å²) in [6.45, 7) is 0. The van der Waals surface area contributed by atoms with Crippen molar-refractivity contribution in [3.63, 3.8) is 0 Å². The van der Waals surface area contributed by atoms with Gasteiger partial charge in [-0.05, 0) is 25.0 Å². The molecule has 148 valence electrons. The second kappa shape index (κ2) is 8.18. The molecule has 1 amide bonds. The summed E-state index contributed by atoms with van der Waals surface area (Å²) in [6, 6.07) is 16.9. The number of anilines is 2. The second-order valence-corrected chi connectivity index (χ2v) is 6.77. The molecule has 7 heteroatoms. The number of aromatic nitrogens is 2. The van der Waals surface area contributed by atoms with Gasteiger partial charge in [0, 0.05) is 23.7 Å². The Bertz CT molecular complexity index is 1020. The summed E-state index contributed by atoms with van der Waals surface area (Å²) < 4.78 is 10.7. The van der Waals surface area contributed by atoms with Crippen LogP contribution < -0.4 is 20.1 Å². The van der Waals surface area contributed by atoms with Gasteiger partial charge in [0.15, 0.2) is 5.82 Å². The van der Waals surface area contributed by atoms with Gasteiger partial charge < -0.3 is 20.1 Å². The third kappa shape index (κ3) is 4.45. The quantitative estimate of drug-likeness (QED) is 0.638. The number of methoxy groups -OCH3 is 2. The molecule has 2 N–H and O–H groups in total. The Morgan fingerprint density at radius 3 is 2.48 bits per heavy atom. The van der Waals surface area contributed by atoms with E-state index in [1.54, 1.807) is 26.4 Å². The third-order valence-corrected chi connectivity index (χ3v) is 4.57. The maximum atomic E-state index is 12.6. The molecule has 0 unspecified atom stereocenters. The SMILES string of the molecule is COc1ccc(OC)c(Nc2cc(C(=O)NC3CC3)nc(-c3ccccc3)n2)c1. The largest absolute Gasteiger partial charge is 0.497 e. The number of carbonyl (C=O) groups excluding carboxylic acids is 1. The zero-order valence-electron chi connectivity index (χ0n) is 16.3. The van der Waals surface area contributed by atoms with Gasteiger partial charge in [0.2, 0.25) is 0 Å². The normalized spacial score (nSPS) is 12.9. The minimum absolute atomic E-state index is 0.201. The van der Waals surface area contributed by atoms with Crippen LogP contribution in [0.1, 0.15) is 23.3 Å². The van der Waals surface area contributed by atoms with Crippen molar-refractivity contribution in [2.24, 2.45) is 0 Å². The highest BCUT2D eigenvalue weighted by Crippen LogP contribution is 2.32. The minimum Gasteiger partial charge on any atom is -0.497 e. The van der Waals surface area contributed by atoms with E-state index < -0.39 is 0 Å². The van der Waals surface area contributed by atoms with Crippen LogP contribution in [0.5, 0.6) is 11.5 Å². The summed E-state index contributed by atoms with van der Waals surface area (Å²) in [5, 5.41) is 6.22. The van der Waals surface area contributed by atoms with Crippen LogP contribution in [-0.2, 0) is 0 Å². The Morgan fingerprint density at radius 1 is 1.00 bits per heavy atom. The van der Waals surface area contributed by atoms with Crippen molar-refractivity contribution in [3.8, 4) is 22.9 Å². The Balaban J connectivity index is 1.73. The zero-order chi connectivity index (χ0) is 20.2. The topological polar surface area (TPSA) is 85.4 Å². The van der Waals surface area contributed by atoms with Crippen LogP contribution in [0.4, 0.5) is 11.5 Å². The van der Waals surface area contributed by atoms with Crippen molar-refractivity contribution in [2.45, 2.75) is 18.9 Å². The van der Waals surface area contributed by atoms with Gasteiger partial charge in [0.25, 0.3) is 5.91 Å². The number of nitrogens with one attached hydrogen (secondary N) is 2. The average molecular weight is 390 g/mol. The van der Waals surface area contributed by atoms with E-state index in [0.29, 0.717) is 34.5 Å². The first kappa shape index (κ1) is 18.7. The number of hydrogen-bond acceptors (Lipinski definition) is 6. The summed E-state index contributed by atoms with van der Waals surface area (Å²) in [5.74, 6) is 2.07. The lowest BCUT2D eigenvalue weighted by Crippen LogP contribution is -2.26. The first-order valence-corrected chi connectivity index (χ1v) is 9.40. The van der Waals surface area contributed by atoms with Gasteiger partial charge in [-0.25, -0.2) is 9.97 Å². The first-order chi connectivity index (χ1) is 14.2. The zero-order valence-corrected chi connectivity index (χ0v) is 16.3. The Labute approximate surface area is 169 Å². The van der Waals surface area contributed by atoms with Crippen LogP contribution in [-0.4, -0.2) is 36.1 Å². The van der Waals surface area contributed by atoms with E-state index in [2.05, 4.69) is 20.6 Å². The van der Waals surface area contributed by atoms with Crippen molar-refractivity contribution in [2.75, 3.05) is 19.5 Å². The maximum absolute atomic E-state index is 12.6. The third-order valence-electron chi connectivity index (χ3n) is 4.57. The molecule has 0 radical (unpaired) electrons. The summed E-state index contributed by atoms with van der Waals surface area (Å²) in [4.78, 5) is 21.7. The Hall–Kier alpha value is -3.61. The number of nitrogens with zero attached hydrogens (tertiary/aromatic N) is 2. The molecular formula is C22H22N4O3. The van der Waals surface area contributed by atoms with Crippen LogP contribution in [0.25, 0.3) is 11.4 Å². The highest BCUT2D eigenvalue weighted by Gasteiger charge is 2.25. The van der Waals surface area contributed by atoms with Gasteiger partial charge in [-0.2, -0.15) is 0 Å². The van der Waals surface area contributed by atoms with Crippen LogP contribution in [0.15, 0.2) is 54.6 Å². The Morgan fingerprint density at radius 2 is 1.79 bits per heavy atom. The average Bonchev–Trinajstić information content (AvgIpc) is 3.58. The number of rotatable bonds is 7. The molecule has 1 heterocycles. The van der Waals surface area contributed by atoms with Gasteiger partial charge in [-0.15, -0.1) is 0 Å². The molecule has 0 bridgehead atoms. The number of carbonyl (C=O) groups is 1. The van der Waals surface area contributed by atoms with E-state index in [-0.39, 0.29) is 11.9 Å². The fourth-order valence-corrected chi connectivity index (χ4v) is 2.88. The van der Waals surface area contributed by atoms with Crippen molar-refractivity contribution in [1.29, 1.82) is 0 Å². The summed E-state index contributed by atoms with van der Waals surface area (Å²) >= 11 is 0. The van der Waals surface area contributed by atoms with Gasteiger partial charge >= 0.3 is 0 Å². The smallest absolute Gasteiger partial charge is 0.270 e. The maximum Gasteiger partial charge on any atom is 0.270 e. The molecule has 29 heavy (non-hydrogen) atoms. The molecule has 1 aliphatic rings. The molecule has 1 fully saturated rings. The molecule has 0 saturated heterocycles. The van der Waals surface area contributed by atoms with E-state index in [0.717, 1.165) is 18.4 Å². The standard InChI is InChI=1S/C22H22N4O3/c1-28-16-10-11-19(29-2)17(12-16)24-20-13-18(22(27)23-15-8-9-15)25-21(26-20)14-6-4-3-5-7-14/h3-7,10-13,15H,8-9H2,1-2H3,(H,23,27)(H,24,25,26). The highest BCUT2D eigenvalue weighted by atomic mass is 16.5. The minimum atomic E-state index is -0.201. The summed E-state index contributed by atoms with van der Waals surface area (Å²) in [6.07, 6.45) is 2.02. The van der Waals surface area contributed by atoms with Gasteiger partial charge in [-0.3, -0.25) is 4.79 Å². The number of ether oxygens (including phenoxy) is 2. The number of hydrogen-bond donors (Lipinski definition) is 2. The first-order valence-electron chi connectivity index (χ1n) is 9.40. The molecule has 2 aromatic carbocycles.